The van der Waals surface area contributed by atoms with Crippen molar-refractivity contribution in [3.63, 3.8) is 0 Å². The van der Waals surface area contributed by atoms with E-state index >= 15 is 0 Å². The third-order valence-corrected chi connectivity index (χ3v) is 11.1. The van der Waals surface area contributed by atoms with Crippen LogP contribution in [0.2, 0.25) is 0 Å². The molecular formula is C54H38N6O. The van der Waals surface area contributed by atoms with Crippen LogP contribution >= 0.6 is 0 Å². The number of ether oxygens (including phenoxy) is 1. The van der Waals surface area contributed by atoms with E-state index in [-0.39, 0.29) is 5.57 Å². The standard InChI is InChI=1S/C54H38N6O/c55-36-39(37-56)35-38-17-19-40(20-18-38)57-33-34-61-46-31-29-43(30-32-46)58(41-21-25-44(26-22-41)59-51-13-5-1-9-47(51)48-10-2-6-14-52(48)59)42-23-27-45(28-24-42)60-53-15-7-3-11-49(53)50-12-4-8-16-54(50)60/h1-32,35,57H,33-34H2. The maximum Gasteiger partial charge on any atom is 0.130 e. The number of para-hydroxylation sites is 4. The molecule has 1 N–H and O–H groups in total. The Kier molecular flexibility index (Phi) is 9.67. The zero-order chi connectivity index (χ0) is 41.1. The monoisotopic (exact) mass is 786 g/mol. The van der Waals surface area contributed by atoms with E-state index in [1.54, 1.807) is 6.08 Å². The Morgan fingerprint density at radius 3 is 1.30 bits per heavy atom. The minimum Gasteiger partial charge on any atom is -0.492 e. The molecule has 290 valence electrons. The van der Waals surface area contributed by atoms with E-state index in [1.807, 2.05) is 48.5 Å². The number of nitriles is 2. The van der Waals surface area contributed by atoms with Gasteiger partial charge in [-0.15, -0.1) is 0 Å². The fraction of sp³-hybridized carbons (Fsp3) is 0.0370. The molecule has 8 aromatic carbocycles. The van der Waals surface area contributed by atoms with Gasteiger partial charge in [-0.05, 0) is 121 Å². The van der Waals surface area contributed by atoms with Crippen LogP contribution in [0.3, 0.4) is 0 Å². The number of nitrogens with one attached hydrogen (secondary N) is 1. The average Bonchev–Trinajstić information content (AvgIpc) is 3.84. The predicted molar refractivity (Wildman–Crippen MR) is 249 cm³/mol. The maximum atomic E-state index is 9.04. The Morgan fingerprint density at radius 1 is 0.492 bits per heavy atom. The maximum absolute atomic E-state index is 9.04. The van der Waals surface area contributed by atoms with Crippen molar-refractivity contribution in [2.24, 2.45) is 0 Å². The molecule has 0 radical (unpaired) electrons. The minimum absolute atomic E-state index is 0.0741. The molecule has 10 rings (SSSR count). The van der Waals surface area contributed by atoms with Crippen LogP contribution in [0.25, 0.3) is 61.1 Å². The lowest BCUT2D eigenvalue weighted by Gasteiger charge is -2.26. The molecule has 0 fully saturated rings. The quantitative estimate of drug-likeness (QED) is 0.104. The van der Waals surface area contributed by atoms with Gasteiger partial charge in [0, 0.05) is 62.2 Å². The van der Waals surface area contributed by atoms with Crippen molar-refractivity contribution in [1.29, 1.82) is 10.5 Å². The number of fused-ring (bicyclic) bond motifs is 6. The van der Waals surface area contributed by atoms with Crippen molar-refractivity contribution in [2.75, 3.05) is 23.4 Å². The summed E-state index contributed by atoms with van der Waals surface area (Å²) >= 11 is 0. The highest BCUT2D eigenvalue weighted by Gasteiger charge is 2.17. The van der Waals surface area contributed by atoms with E-state index in [9.17, 15) is 0 Å². The molecular weight excluding hydrogens is 749 g/mol. The van der Waals surface area contributed by atoms with Gasteiger partial charge < -0.3 is 24.1 Å². The fourth-order valence-electron chi connectivity index (χ4n) is 8.36. The lowest BCUT2D eigenvalue weighted by Crippen LogP contribution is -2.12. The van der Waals surface area contributed by atoms with E-state index in [4.69, 9.17) is 15.3 Å². The molecule has 0 amide bonds. The van der Waals surface area contributed by atoms with Crippen molar-refractivity contribution in [2.45, 2.75) is 0 Å². The normalized spacial score (nSPS) is 11.0. The summed E-state index contributed by atoms with van der Waals surface area (Å²) < 4.78 is 10.9. The van der Waals surface area contributed by atoms with E-state index < -0.39 is 0 Å². The first-order valence-corrected chi connectivity index (χ1v) is 20.2. The fourth-order valence-corrected chi connectivity index (χ4v) is 8.36. The number of hydrogen-bond acceptors (Lipinski definition) is 5. The zero-order valence-electron chi connectivity index (χ0n) is 33.1. The molecule has 2 aromatic heterocycles. The second kappa shape index (κ2) is 16.0. The van der Waals surface area contributed by atoms with Crippen molar-refractivity contribution in [1.82, 2.24) is 9.13 Å². The van der Waals surface area contributed by atoms with Crippen LogP contribution in [-0.2, 0) is 0 Å². The van der Waals surface area contributed by atoms with Crippen LogP contribution in [0, 0.1) is 22.7 Å². The molecule has 0 aliphatic carbocycles. The zero-order valence-corrected chi connectivity index (χ0v) is 33.1. The molecule has 0 spiro atoms. The van der Waals surface area contributed by atoms with Gasteiger partial charge >= 0.3 is 0 Å². The van der Waals surface area contributed by atoms with Crippen molar-refractivity contribution < 1.29 is 4.74 Å². The summed E-state index contributed by atoms with van der Waals surface area (Å²) in [6.45, 7) is 1.06. The third kappa shape index (κ3) is 6.97. The van der Waals surface area contributed by atoms with Crippen LogP contribution in [0.5, 0.6) is 5.75 Å². The lowest BCUT2D eigenvalue weighted by molar-refractivity contribution is 0.333. The summed E-state index contributed by atoms with van der Waals surface area (Å²) in [6.07, 6.45) is 1.57. The smallest absolute Gasteiger partial charge is 0.130 e. The summed E-state index contributed by atoms with van der Waals surface area (Å²) in [4.78, 5) is 2.28. The van der Waals surface area contributed by atoms with Crippen LogP contribution < -0.4 is 15.0 Å². The largest absolute Gasteiger partial charge is 0.492 e. The second-order valence-corrected chi connectivity index (χ2v) is 14.8. The Morgan fingerprint density at radius 2 is 0.885 bits per heavy atom. The van der Waals surface area contributed by atoms with Gasteiger partial charge in [0.2, 0.25) is 0 Å². The van der Waals surface area contributed by atoms with Crippen molar-refractivity contribution >= 4 is 72.4 Å². The molecule has 0 saturated carbocycles. The number of benzene rings is 8. The highest BCUT2D eigenvalue weighted by molar-refractivity contribution is 6.10. The molecule has 0 aliphatic heterocycles. The summed E-state index contributed by atoms with van der Waals surface area (Å²) in [6, 6.07) is 71.6. The van der Waals surface area contributed by atoms with Gasteiger partial charge in [-0.2, -0.15) is 10.5 Å². The Balaban J connectivity index is 0.945. The van der Waals surface area contributed by atoms with Gasteiger partial charge in [0.05, 0.1) is 22.1 Å². The highest BCUT2D eigenvalue weighted by atomic mass is 16.5. The topological polar surface area (TPSA) is 81.9 Å². The van der Waals surface area contributed by atoms with Gasteiger partial charge in [-0.3, -0.25) is 0 Å². The average molecular weight is 787 g/mol. The molecule has 0 atom stereocenters. The van der Waals surface area contributed by atoms with E-state index in [1.165, 1.54) is 43.6 Å². The number of hydrogen-bond donors (Lipinski definition) is 1. The van der Waals surface area contributed by atoms with Crippen LogP contribution in [0.4, 0.5) is 22.7 Å². The Labute approximate surface area is 353 Å². The van der Waals surface area contributed by atoms with Gasteiger partial charge in [0.1, 0.15) is 30.1 Å². The summed E-state index contributed by atoms with van der Waals surface area (Å²) in [5.74, 6) is 0.773. The number of anilines is 4. The van der Waals surface area contributed by atoms with Crippen LogP contribution in [0.15, 0.2) is 200 Å². The van der Waals surface area contributed by atoms with Gasteiger partial charge in [-0.25, -0.2) is 0 Å². The lowest BCUT2D eigenvalue weighted by atomic mass is 10.1. The molecule has 0 unspecified atom stereocenters. The summed E-state index contributed by atoms with van der Waals surface area (Å²) in [7, 11) is 0. The predicted octanol–water partition coefficient (Wildman–Crippen LogP) is 13.3. The third-order valence-electron chi connectivity index (χ3n) is 11.1. The van der Waals surface area contributed by atoms with Gasteiger partial charge in [-0.1, -0.05) is 84.9 Å². The molecule has 7 heteroatoms. The van der Waals surface area contributed by atoms with E-state index in [0.717, 1.165) is 45.4 Å². The molecule has 0 saturated heterocycles. The number of allylic oxidation sites excluding steroid dienone is 1. The van der Waals surface area contributed by atoms with Crippen molar-refractivity contribution in [3.05, 3.63) is 205 Å². The Hall–Kier alpha value is -8.52. The molecule has 0 aliphatic rings. The number of nitrogens with zero attached hydrogens (tertiary/aromatic N) is 5. The first-order valence-electron chi connectivity index (χ1n) is 20.2. The first kappa shape index (κ1) is 36.8. The minimum atomic E-state index is 0.0741. The molecule has 2 heterocycles. The number of rotatable bonds is 11. The Bertz CT molecular complexity index is 3030. The second-order valence-electron chi connectivity index (χ2n) is 14.8. The van der Waals surface area contributed by atoms with E-state index in [2.05, 4.69) is 177 Å². The van der Waals surface area contributed by atoms with E-state index in [0.29, 0.717) is 13.2 Å². The number of aromatic nitrogens is 2. The summed E-state index contributed by atoms with van der Waals surface area (Å²) in [5.41, 5.74) is 11.8. The summed E-state index contributed by atoms with van der Waals surface area (Å²) in [5, 5.41) is 26.4. The molecule has 7 nitrogen and oxygen atoms in total. The van der Waals surface area contributed by atoms with Crippen molar-refractivity contribution in [3.8, 4) is 29.3 Å². The molecule has 0 bridgehead atoms. The highest BCUT2D eigenvalue weighted by Crippen LogP contribution is 2.39. The first-order chi connectivity index (χ1) is 30.2. The van der Waals surface area contributed by atoms with Crippen LogP contribution in [-0.4, -0.2) is 22.3 Å². The van der Waals surface area contributed by atoms with Gasteiger partial charge in [0.25, 0.3) is 0 Å². The SMILES string of the molecule is N#CC(C#N)=Cc1ccc(NCCOc2ccc(N(c3ccc(-n4c5ccccc5c5ccccc54)cc3)c3ccc(-n4c5ccccc5c5ccccc54)cc3)cc2)cc1. The molecule has 10 aromatic rings. The van der Waals surface area contributed by atoms with Crippen LogP contribution in [0.1, 0.15) is 5.56 Å². The van der Waals surface area contributed by atoms with Gasteiger partial charge in [0.15, 0.2) is 0 Å². The molecule has 61 heavy (non-hydrogen) atoms.